The number of amides is 3. The van der Waals surface area contributed by atoms with E-state index >= 15 is 0 Å². The van der Waals surface area contributed by atoms with E-state index in [9.17, 15) is 19.2 Å². The van der Waals surface area contributed by atoms with Crippen molar-refractivity contribution in [3.05, 3.63) is 59.7 Å². The molecule has 2 aromatic rings. The van der Waals surface area contributed by atoms with Crippen LogP contribution in [0, 0.1) is 5.92 Å². The lowest BCUT2D eigenvalue weighted by molar-refractivity contribution is -0.151. The van der Waals surface area contributed by atoms with Crippen molar-refractivity contribution in [1.82, 2.24) is 4.90 Å². The van der Waals surface area contributed by atoms with Gasteiger partial charge in [-0.1, -0.05) is 12.1 Å². The molecule has 1 saturated heterocycles. The van der Waals surface area contributed by atoms with E-state index in [1.165, 1.54) is 4.90 Å². The van der Waals surface area contributed by atoms with Crippen LogP contribution >= 0.6 is 0 Å². The van der Waals surface area contributed by atoms with Crippen molar-refractivity contribution in [2.45, 2.75) is 13.3 Å². The molecule has 0 spiro atoms. The summed E-state index contributed by atoms with van der Waals surface area (Å²) in [6.45, 7) is 2.13. The molecule has 1 atom stereocenters. The minimum atomic E-state index is -0.667. The molecule has 2 aliphatic heterocycles. The van der Waals surface area contributed by atoms with E-state index in [0.717, 1.165) is 4.90 Å². The number of nitrogens with zero attached hydrogens (tertiary/aromatic N) is 2. The number of carbonyl (C=O) groups is 4. The number of anilines is 1. The highest BCUT2D eigenvalue weighted by molar-refractivity contribution is 6.21. The average molecular weight is 408 g/mol. The third-order valence-corrected chi connectivity index (χ3v) is 5.13. The van der Waals surface area contributed by atoms with Gasteiger partial charge in [0.25, 0.3) is 11.8 Å². The molecule has 2 heterocycles. The maximum absolute atomic E-state index is 12.5. The van der Waals surface area contributed by atoms with Crippen LogP contribution in [0.1, 0.15) is 34.1 Å². The highest BCUT2D eigenvalue weighted by atomic mass is 16.5. The zero-order valence-corrected chi connectivity index (χ0v) is 16.4. The second-order valence-electron chi connectivity index (χ2n) is 7.01. The van der Waals surface area contributed by atoms with E-state index in [1.807, 2.05) is 6.92 Å². The van der Waals surface area contributed by atoms with Crippen LogP contribution in [0.15, 0.2) is 48.5 Å². The average Bonchev–Trinajstić information content (AvgIpc) is 3.26. The summed E-state index contributed by atoms with van der Waals surface area (Å²) in [6.07, 6.45) is 0.00810. The molecule has 30 heavy (non-hydrogen) atoms. The second kappa shape index (κ2) is 7.98. The van der Waals surface area contributed by atoms with Crippen LogP contribution in [0.3, 0.4) is 0 Å². The predicted octanol–water partition coefficient (Wildman–Crippen LogP) is 2.24. The van der Waals surface area contributed by atoms with Gasteiger partial charge in [-0.15, -0.1) is 0 Å². The Labute approximate surface area is 173 Å². The van der Waals surface area contributed by atoms with Crippen LogP contribution in [0.2, 0.25) is 0 Å². The molecule has 3 amide bonds. The highest BCUT2D eigenvalue weighted by Crippen LogP contribution is 2.28. The molecule has 1 unspecified atom stereocenters. The molecule has 0 radical (unpaired) electrons. The summed E-state index contributed by atoms with van der Waals surface area (Å²) in [7, 11) is 0. The lowest BCUT2D eigenvalue weighted by Crippen LogP contribution is -2.35. The fourth-order valence-corrected chi connectivity index (χ4v) is 3.61. The van der Waals surface area contributed by atoms with Gasteiger partial charge in [-0.25, -0.2) is 4.90 Å². The molecule has 4 rings (SSSR count). The number of benzene rings is 2. The Morgan fingerprint density at radius 1 is 1.00 bits per heavy atom. The van der Waals surface area contributed by atoms with Gasteiger partial charge < -0.3 is 14.4 Å². The first-order chi connectivity index (χ1) is 14.5. The van der Waals surface area contributed by atoms with E-state index < -0.39 is 30.4 Å². The number of ether oxygens (including phenoxy) is 2. The predicted molar refractivity (Wildman–Crippen MR) is 106 cm³/mol. The maximum atomic E-state index is 12.5. The molecule has 0 aliphatic carbocycles. The standard InChI is InChI=1S/C22H20N2O6/c1-2-29-16-9-7-15(8-10-16)23-12-14(11-19(23)25)22(28)30-13-24-20(26)17-5-3-4-6-18(17)21(24)27/h3-10,14H,2,11-13H2,1H3. The zero-order chi connectivity index (χ0) is 21.3. The number of hydrogen-bond donors (Lipinski definition) is 0. The fraction of sp³-hybridized carbons (Fsp3) is 0.273. The van der Waals surface area contributed by atoms with Gasteiger partial charge >= 0.3 is 5.97 Å². The third-order valence-electron chi connectivity index (χ3n) is 5.13. The van der Waals surface area contributed by atoms with E-state index in [1.54, 1.807) is 48.5 Å². The minimum absolute atomic E-state index is 0.00810. The molecule has 2 aromatic carbocycles. The molecular weight excluding hydrogens is 388 g/mol. The van der Waals surface area contributed by atoms with Crippen molar-refractivity contribution >= 4 is 29.4 Å². The Kier molecular flexibility index (Phi) is 5.22. The summed E-state index contributed by atoms with van der Waals surface area (Å²) in [5.41, 5.74) is 1.24. The summed E-state index contributed by atoms with van der Waals surface area (Å²) >= 11 is 0. The van der Waals surface area contributed by atoms with Gasteiger partial charge in [0.05, 0.1) is 23.7 Å². The normalized spacial score (nSPS) is 18.0. The molecule has 0 aromatic heterocycles. The van der Waals surface area contributed by atoms with Crippen LogP contribution in [-0.2, 0) is 14.3 Å². The number of esters is 1. The minimum Gasteiger partial charge on any atom is -0.494 e. The van der Waals surface area contributed by atoms with Crippen molar-refractivity contribution in [2.75, 3.05) is 24.8 Å². The molecule has 1 fully saturated rings. The van der Waals surface area contributed by atoms with Crippen molar-refractivity contribution < 1.29 is 28.7 Å². The van der Waals surface area contributed by atoms with Gasteiger partial charge in [-0.3, -0.25) is 19.2 Å². The number of rotatable bonds is 6. The van der Waals surface area contributed by atoms with Crippen LogP contribution < -0.4 is 9.64 Å². The van der Waals surface area contributed by atoms with Crippen molar-refractivity contribution in [1.29, 1.82) is 0 Å². The molecule has 0 N–H and O–H groups in total. The van der Waals surface area contributed by atoms with Crippen LogP contribution in [0.4, 0.5) is 5.69 Å². The van der Waals surface area contributed by atoms with Gasteiger partial charge in [0.2, 0.25) is 5.91 Å². The van der Waals surface area contributed by atoms with Crippen LogP contribution in [0.25, 0.3) is 0 Å². The molecule has 0 bridgehead atoms. The van der Waals surface area contributed by atoms with Gasteiger partial charge in [-0.2, -0.15) is 0 Å². The quantitative estimate of drug-likeness (QED) is 0.538. The zero-order valence-electron chi connectivity index (χ0n) is 16.4. The topological polar surface area (TPSA) is 93.2 Å². The van der Waals surface area contributed by atoms with Crippen molar-refractivity contribution in [3.63, 3.8) is 0 Å². The largest absolute Gasteiger partial charge is 0.494 e. The first-order valence-electron chi connectivity index (χ1n) is 9.64. The smallest absolute Gasteiger partial charge is 0.313 e. The lowest BCUT2D eigenvalue weighted by atomic mass is 10.1. The van der Waals surface area contributed by atoms with E-state index in [2.05, 4.69) is 0 Å². The second-order valence-corrected chi connectivity index (χ2v) is 7.01. The molecule has 154 valence electrons. The number of carbonyl (C=O) groups excluding carboxylic acids is 4. The first-order valence-corrected chi connectivity index (χ1v) is 9.64. The fourth-order valence-electron chi connectivity index (χ4n) is 3.61. The molecular formula is C22H20N2O6. The first kappa shape index (κ1) is 19.6. The number of hydrogen-bond acceptors (Lipinski definition) is 6. The molecule has 2 aliphatic rings. The lowest BCUT2D eigenvalue weighted by Gasteiger charge is -2.18. The van der Waals surface area contributed by atoms with Gasteiger partial charge in [0.15, 0.2) is 6.73 Å². The SMILES string of the molecule is CCOc1ccc(N2CC(C(=O)OCN3C(=O)c4ccccc4C3=O)CC2=O)cc1. The summed E-state index contributed by atoms with van der Waals surface area (Å²) in [6, 6.07) is 13.5. The van der Waals surface area contributed by atoms with E-state index in [0.29, 0.717) is 18.0 Å². The summed E-state index contributed by atoms with van der Waals surface area (Å²) < 4.78 is 10.6. The summed E-state index contributed by atoms with van der Waals surface area (Å²) in [4.78, 5) is 52.0. The summed E-state index contributed by atoms with van der Waals surface area (Å²) in [5.74, 6) is -1.77. The molecule has 0 saturated carbocycles. The Hall–Kier alpha value is -3.68. The van der Waals surface area contributed by atoms with E-state index in [-0.39, 0.29) is 30.0 Å². The Balaban J connectivity index is 1.36. The van der Waals surface area contributed by atoms with E-state index in [4.69, 9.17) is 9.47 Å². The number of fused-ring (bicyclic) bond motifs is 1. The third kappa shape index (κ3) is 3.52. The maximum Gasteiger partial charge on any atom is 0.313 e. The Bertz CT molecular complexity index is 982. The number of imide groups is 1. The summed E-state index contributed by atoms with van der Waals surface area (Å²) in [5, 5.41) is 0. The Morgan fingerprint density at radius 3 is 2.23 bits per heavy atom. The van der Waals surface area contributed by atoms with Crippen LogP contribution in [-0.4, -0.2) is 48.5 Å². The Morgan fingerprint density at radius 2 is 1.63 bits per heavy atom. The van der Waals surface area contributed by atoms with Gasteiger partial charge in [-0.05, 0) is 43.3 Å². The van der Waals surface area contributed by atoms with Crippen molar-refractivity contribution in [2.24, 2.45) is 5.92 Å². The van der Waals surface area contributed by atoms with Gasteiger partial charge in [0.1, 0.15) is 5.75 Å². The van der Waals surface area contributed by atoms with Crippen molar-refractivity contribution in [3.8, 4) is 5.75 Å². The highest BCUT2D eigenvalue weighted by Gasteiger charge is 2.39. The molecule has 8 nitrogen and oxygen atoms in total. The monoisotopic (exact) mass is 408 g/mol. The van der Waals surface area contributed by atoms with Gasteiger partial charge in [0, 0.05) is 18.7 Å². The molecule has 8 heteroatoms. The van der Waals surface area contributed by atoms with Crippen LogP contribution in [0.5, 0.6) is 5.75 Å².